The van der Waals surface area contributed by atoms with Gasteiger partial charge in [0.2, 0.25) is 0 Å². The summed E-state index contributed by atoms with van der Waals surface area (Å²) in [5.74, 6) is -1.37. The van der Waals surface area contributed by atoms with E-state index in [4.69, 9.17) is 10.2 Å². The molecule has 2 atom stereocenters. The van der Waals surface area contributed by atoms with Gasteiger partial charge in [-0.3, -0.25) is 9.59 Å². The van der Waals surface area contributed by atoms with E-state index in [9.17, 15) is 19.8 Å². The Kier molecular flexibility index (Phi) is 34.8. The molecule has 0 bridgehead atoms. The molecule has 0 fully saturated rings. The number of aliphatic hydroxyl groups excluding tert-OH is 2. The summed E-state index contributed by atoms with van der Waals surface area (Å²) >= 11 is 0. The van der Waals surface area contributed by atoms with Gasteiger partial charge in [-0.2, -0.15) is 0 Å². The van der Waals surface area contributed by atoms with Crippen LogP contribution in [-0.2, 0) is 9.59 Å². The number of rotatable bonds is 38. The molecule has 0 aromatic carbocycles. The number of allylic oxidation sites excluding steroid dienone is 1. The lowest BCUT2D eigenvalue weighted by molar-refractivity contribution is -0.138. The number of hydrogen-bond acceptors (Lipinski definition) is 4. The minimum atomic E-state index is -0.687. The van der Waals surface area contributed by atoms with Gasteiger partial charge in [-0.05, 0) is 64.2 Å². The molecular formula is C41H78O6. The Bertz CT molecular complexity index is 721. The van der Waals surface area contributed by atoms with Crippen LogP contribution in [0.3, 0.4) is 0 Å². The van der Waals surface area contributed by atoms with Crippen molar-refractivity contribution in [2.75, 3.05) is 0 Å². The van der Waals surface area contributed by atoms with E-state index in [0.29, 0.717) is 12.8 Å². The predicted molar refractivity (Wildman–Crippen MR) is 198 cm³/mol. The van der Waals surface area contributed by atoms with Gasteiger partial charge >= 0.3 is 11.9 Å². The van der Waals surface area contributed by atoms with Crippen LogP contribution in [0.2, 0.25) is 0 Å². The van der Waals surface area contributed by atoms with Crippen molar-refractivity contribution in [2.45, 2.75) is 237 Å². The summed E-state index contributed by atoms with van der Waals surface area (Å²) in [7, 11) is 0. The first kappa shape index (κ1) is 45.6. The van der Waals surface area contributed by atoms with Crippen molar-refractivity contribution in [3.05, 3.63) is 11.6 Å². The van der Waals surface area contributed by atoms with Crippen molar-refractivity contribution < 1.29 is 30.0 Å². The normalized spacial score (nSPS) is 13.2. The van der Waals surface area contributed by atoms with Crippen molar-refractivity contribution in [2.24, 2.45) is 0 Å². The molecule has 0 amide bonds. The van der Waals surface area contributed by atoms with Gasteiger partial charge in [-0.1, -0.05) is 160 Å². The van der Waals surface area contributed by atoms with Crippen LogP contribution in [0.25, 0.3) is 0 Å². The second-order valence-corrected chi connectivity index (χ2v) is 14.4. The van der Waals surface area contributed by atoms with Crippen LogP contribution < -0.4 is 0 Å². The molecule has 0 spiro atoms. The Balaban J connectivity index is 4.04. The number of carbonyl (C=O) groups is 2. The summed E-state index contributed by atoms with van der Waals surface area (Å²) in [5.41, 5.74) is 1.52. The van der Waals surface area contributed by atoms with Crippen molar-refractivity contribution in [3.8, 4) is 0 Å². The zero-order valence-corrected chi connectivity index (χ0v) is 30.9. The highest BCUT2D eigenvalue weighted by atomic mass is 16.4. The minimum absolute atomic E-state index is 0.156. The number of hydrogen-bond donors (Lipinski definition) is 4. The van der Waals surface area contributed by atoms with Crippen LogP contribution >= 0.6 is 0 Å². The maximum absolute atomic E-state index is 10.6. The molecule has 0 aromatic heterocycles. The highest BCUT2D eigenvalue weighted by Gasteiger charge is 2.07. The van der Waals surface area contributed by atoms with E-state index in [-0.39, 0.29) is 12.2 Å². The fourth-order valence-electron chi connectivity index (χ4n) is 6.55. The Morgan fingerprint density at radius 1 is 0.426 bits per heavy atom. The van der Waals surface area contributed by atoms with Crippen molar-refractivity contribution in [3.63, 3.8) is 0 Å². The molecule has 0 saturated heterocycles. The standard InChI is InChI=1S/C41H78O6/c1-2-3-4-14-23-32-39(43)36-35-37(28-21-15-10-9-13-18-27-34-41(46)47)29-22-19-20-25-31-38(42)30-24-16-11-7-5-6-8-12-17-26-33-40(44)45/h35,38-39,42-43H,2-34,36H2,1H3,(H,44,45)(H,46,47)/t38?,39-/m1/s1. The lowest BCUT2D eigenvalue weighted by Gasteiger charge is -2.12. The van der Waals surface area contributed by atoms with Crippen LogP contribution in [-0.4, -0.2) is 44.6 Å². The molecular weight excluding hydrogens is 588 g/mol. The van der Waals surface area contributed by atoms with Gasteiger partial charge in [0.25, 0.3) is 0 Å². The summed E-state index contributed by atoms with van der Waals surface area (Å²) in [4.78, 5) is 21.2. The van der Waals surface area contributed by atoms with Crippen LogP contribution in [0.1, 0.15) is 225 Å². The molecule has 6 heteroatoms. The van der Waals surface area contributed by atoms with E-state index in [1.165, 1.54) is 115 Å². The van der Waals surface area contributed by atoms with E-state index < -0.39 is 11.9 Å². The molecule has 0 radical (unpaired) electrons. The average Bonchev–Trinajstić information content (AvgIpc) is 3.04. The van der Waals surface area contributed by atoms with Crippen LogP contribution in [0.15, 0.2) is 11.6 Å². The van der Waals surface area contributed by atoms with Crippen LogP contribution in [0.5, 0.6) is 0 Å². The number of aliphatic carboxylic acids is 2. The number of unbranched alkanes of at least 4 members (excludes halogenated alkanes) is 22. The van der Waals surface area contributed by atoms with Gasteiger partial charge in [-0.25, -0.2) is 0 Å². The quantitative estimate of drug-likeness (QED) is 0.0385. The molecule has 0 heterocycles. The summed E-state index contributed by atoms with van der Waals surface area (Å²) in [6, 6.07) is 0. The van der Waals surface area contributed by atoms with E-state index >= 15 is 0 Å². The van der Waals surface area contributed by atoms with E-state index in [1.54, 1.807) is 0 Å². The van der Waals surface area contributed by atoms with Crippen LogP contribution in [0.4, 0.5) is 0 Å². The summed E-state index contributed by atoms with van der Waals surface area (Å²) in [6.07, 6.45) is 38.7. The monoisotopic (exact) mass is 667 g/mol. The molecule has 6 nitrogen and oxygen atoms in total. The molecule has 1 unspecified atom stereocenters. The van der Waals surface area contributed by atoms with Gasteiger partial charge < -0.3 is 20.4 Å². The molecule has 0 saturated carbocycles. The second kappa shape index (κ2) is 35.9. The zero-order chi connectivity index (χ0) is 34.6. The first-order valence-corrected chi connectivity index (χ1v) is 20.3. The van der Waals surface area contributed by atoms with Gasteiger partial charge in [0.05, 0.1) is 12.2 Å². The van der Waals surface area contributed by atoms with E-state index in [1.807, 2.05) is 0 Å². The second-order valence-electron chi connectivity index (χ2n) is 14.4. The summed E-state index contributed by atoms with van der Waals surface area (Å²) < 4.78 is 0. The van der Waals surface area contributed by atoms with E-state index in [0.717, 1.165) is 96.3 Å². The molecule has 0 aliphatic rings. The third kappa shape index (κ3) is 37.3. The average molecular weight is 667 g/mol. The molecule has 0 aromatic rings. The fourth-order valence-corrected chi connectivity index (χ4v) is 6.55. The Morgan fingerprint density at radius 2 is 0.723 bits per heavy atom. The molecule has 0 rings (SSSR count). The van der Waals surface area contributed by atoms with Crippen molar-refractivity contribution in [1.29, 1.82) is 0 Å². The number of carboxylic acids is 2. The fraction of sp³-hybridized carbons (Fsp3) is 0.902. The maximum atomic E-state index is 10.6. The third-order valence-corrected chi connectivity index (χ3v) is 9.67. The third-order valence-electron chi connectivity index (χ3n) is 9.67. The summed E-state index contributed by atoms with van der Waals surface area (Å²) in [5, 5.41) is 38.4. The summed E-state index contributed by atoms with van der Waals surface area (Å²) in [6.45, 7) is 2.24. The Hall–Kier alpha value is -1.40. The van der Waals surface area contributed by atoms with Gasteiger partial charge in [-0.15, -0.1) is 0 Å². The first-order chi connectivity index (χ1) is 22.8. The van der Waals surface area contributed by atoms with Gasteiger partial charge in [0.15, 0.2) is 0 Å². The molecule has 47 heavy (non-hydrogen) atoms. The van der Waals surface area contributed by atoms with Crippen molar-refractivity contribution in [1.82, 2.24) is 0 Å². The smallest absolute Gasteiger partial charge is 0.303 e. The number of aliphatic hydroxyl groups is 2. The van der Waals surface area contributed by atoms with Crippen LogP contribution in [0, 0.1) is 0 Å². The number of carboxylic acid groups (broad SMARTS) is 2. The van der Waals surface area contributed by atoms with Gasteiger partial charge in [0, 0.05) is 12.8 Å². The maximum Gasteiger partial charge on any atom is 0.303 e. The SMILES string of the molecule is CCCCCCC[C@@H](O)CC=C(CCCCCCCCCC(=O)O)CCCCCCC(O)CCCCCCCCCCCCC(=O)O. The minimum Gasteiger partial charge on any atom is -0.481 e. The lowest BCUT2D eigenvalue weighted by atomic mass is 9.96. The lowest BCUT2D eigenvalue weighted by Crippen LogP contribution is -2.06. The highest BCUT2D eigenvalue weighted by molar-refractivity contribution is 5.66. The molecule has 4 N–H and O–H groups in total. The molecule has 278 valence electrons. The highest BCUT2D eigenvalue weighted by Crippen LogP contribution is 2.21. The van der Waals surface area contributed by atoms with E-state index in [2.05, 4.69) is 13.0 Å². The Labute approximate surface area is 290 Å². The molecule has 0 aliphatic heterocycles. The zero-order valence-electron chi connectivity index (χ0n) is 30.9. The topological polar surface area (TPSA) is 115 Å². The van der Waals surface area contributed by atoms with Crippen molar-refractivity contribution >= 4 is 11.9 Å². The van der Waals surface area contributed by atoms with Gasteiger partial charge in [0.1, 0.15) is 0 Å². The largest absolute Gasteiger partial charge is 0.481 e. The molecule has 0 aliphatic carbocycles. The predicted octanol–water partition coefficient (Wildman–Crippen LogP) is 12.1. The first-order valence-electron chi connectivity index (χ1n) is 20.3. The Morgan fingerprint density at radius 3 is 1.09 bits per heavy atom.